The van der Waals surface area contributed by atoms with Crippen LogP contribution in [0.15, 0.2) is 82.7 Å². The molecule has 0 radical (unpaired) electrons. The summed E-state index contributed by atoms with van der Waals surface area (Å²) in [6.07, 6.45) is 2.05. The Balaban J connectivity index is 1.82. The van der Waals surface area contributed by atoms with E-state index in [0.717, 1.165) is 21.4 Å². The molecular weight excluding hydrogens is 342 g/mol. The van der Waals surface area contributed by atoms with Crippen molar-refractivity contribution in [3.63, 3.8) is 0 Å². The van der Waals surface area contributed by atoms with Crippen molar-refractivity contribution >= 4 is 39.9 Å². The van der Waals surface area contributed by atoms with Crippen LogP contribution in [-0.4, -0.2) is 11.7 Å². The highest BCUT2D eigenvalue weighted by molar-refractivity contribution is 8.04. The third kappa shape index (κ3) is 2.82. The van der Waals surface area contributed by atoms with Crippen molar-refractivity contribution in [3.05, 3.63) is 83.4 Å². The first-order chi connectivity index (χ1) is 12.7. The molecule has 1 aliphatic rings. The average Bonchev–Trinajstić information content (AvgIpc) is 3.01. The molecule has 4 heteroatoms. The van der Waals surface area contributed by atoms with Gasteiger partial charge in [0.25, 0.3) is 0 Å². The van der Waals surface area contributed by atoms with E-state index in [-0.39, 0.29) is 11.7 Å². The van der Waals surface area contributed by atoms with Crippen molar-refractivity contribution < 1.29 is 9.59 Å². The molecule has 26 heavy (non-hydrogen) atoms. The fourth-order valence-corrected chi connectivity index (χ4v) is 4.12. The van der Waals surface area contributed by atoms with E-state index in [9.17, 15) is 9.59 Å². The molecule has 3 aromatic carbocycles. The lowest BCUT2D eigenvalue weighted by atomic mass is 10.1. The molecule has 0 spiro atoms. The van der Waals surface area contributed by atoms with E-state index in [1.165, 1.54) is 11.8 Å². The molecule has 3 aromatic rings. The summed E-state index contributed by atoms with van der Waals surface area (Å²) in [4.78, 5) is 28.5. The molecule has 0 fully saturated rings. The van der Waals surface area contributed by atoms with Crippen LogP contribution in [0.1, 0.15) is 23.7 Å². The van der Waals surface area contributed by atoms with Gasteiger partial charge in [-0.25, -0.2) is 0 Å². The zero-order valence-corrected chi connectivity index (χ0v) is 15.1. The number of ketones is 1. The van der Waals surface area contributed by atoms with Gasteiger partial charge in [0.15, 0.2) is 0 Å². The van der Waals surface area contributed by atoms with Gasteiger partial charge in [-0.1, -0.05) is 67.2 Å². The zero-order valence-electron chi connectivity index (χ0n) is 14.3. The van der Waals surface area contributed by atoms with E-state index in [0.29, 0.717) is 16.9 Å². The molecule has 0 unspecified atom stereocenters. The molecule has 0 saturated carbocycles. The second-order valence-electron chi connectivity index (χ2n) is 6.04. The van der Waals surface area contributed by atoms with E-state index in [2.05, 4.69) is 0 Å². The van der Waals surface area contributed by atoms with Crippen LogP contribution in [0.2, 0.25) is 0 Å². The Hall–Kier alpha value is -2.85. The fourth-order valence-electron chi connectivity index (χ4n) is 3.11. The highest BCUT2D eigenvalue weighted by atomic mass is 32.2. The average molecular weight is 359 g/mol. The van der Waals surface area contributed by atoms with Crippen LogP contribution in [0.5, 0.6) is 0 Å². The number of fused-ring (bicyclic) bond motifs is 2. The first-order valence-corrected chi connectivity index (χ1v) is 9.34. The van der Waals surface area contributed by atoms with Crippen LogP contribution < -0.4 is 4.90 Å². The monoisotopic (exact) mass is 359 g/mol. The van der Waals surface area contributed by atoms with E-state index in [4.69, 9.17) is 0 Å². The number of carbonyl (C=O) groups excluding carboxylic acids is 2. The molecule has 1 aliphatic heterocycles. The maximum Gasteiger partial charge on any atom is 0.230 e. The minimum absolute atomic E-state index is 0.0280. The van der Waals surface area contributed by atoms with Gasteiger partial charge in [-0.3, -0.25) is 14.5 Å². The summed E-state index contributed by atoms with van der Waals surface area (Å²) < 4.78 is 0. The molecule has 4 rings (SSSR count). The lowest BCUT2D eigenvalue weighted by Gasteiger charge is -2.20. The maximum absolute atomic E-state index is 12.7. The predicted octanol–water partition coefficient (Wildman–Crippen LogP) is 5.41. The summed E-state index contributed by atoms with van der Waals surface area (Å²) in [7, 11) is 0. The van der Waals surface area contributed by atoms with E-state index in [1.807, 2.05) is 73.7 Å². The molecule has 0 N–H and O–H groups in total. The molecule has 1 amide bonds. The third-order valence-corrected chi connectivity index (χ3v) is 5.51. The predicted molar refractivity (Wildman–Crippen MR) is 106 cm³/mol. The Labute approximate surface area is 156 Å². The smallest absolute Gasteiger partial charge is 0.230 e. The number of thioether (sulfide) groups is 1. The molecule has 0 aliphatic carbocycles. The quantitative estimate of drug-likeness (QED) is 0.587. The van der Waals surface area contributed by atoms with Gasteiger partial charge in [0.05, 0.1) is 10.6 Å². The first-order valence-electron chi connectivity index (χ1n) is 8.52. The number of hydrogen-bond donors (Lipinski definition) is 0. The highest BCUT2D eigenvalue weighted by Gasteiger charge is 2.27. The van der Waals surface area contributed by atoms with Gasteiger partial charge >= 0.3 is 0 Å². The van der Waals surface area contributed by atoms with Crippen LogP contribution >= 0.6 is 11.8 Å². The molecule has 3 nitrogen and oxygen atoms in total. The van der Waals surface area contributed by atoms with E-state index >= 15 is 0 Å². The lowest BCUT2D eigenvalue weighted by molar-refractivity contribution is -0.117. The number of rotatable bonds is 3. The molecule has 128 valence electrons. The second-order valence-corrected chi connectivity index (χ2v) is 7.12. The number of anilines is 1. The van der Waals surface area contributed by atoms with Crippen molar-refractivity contribution in [2.45, 2.75) is 18.2 Å². The Kier molecular flexibility index (Phi) is 4.35. The number of nitrogens with zero attached hydrogens (tertiary/aromatic N) is 1. The maximum atomic E-state index is 12.7. The minimum Gasteiger partial charge on any atom is -0.288 e. The second kappa shape index (κ2) is 6.81. The van der Waals surface area contributed by atoms with Gasteiger partial charge in [0, 0.05) is 28.5 Å². The number of Topliss-reactive ketones (excluding diaryl/α,β-unsaturated/α-hetero) is 1. The summed E-state index contributed by atoms with van der Waals surface area (Å²) in [6, 6.07) is 21.4. The van der Waals surface area contributed by atoms with Crippen LogP contribution in [0.25, 0.3) is 10.8 Å². The van der Waals surface area contributed by atoms with Crippen molar-refractivity contribution in [3.8, 4) is 0 Å². The molecule has 0 bridgehead atoms. The molecule has 0 saturated heterocycles. The summed E-state index contributed by atoms with van der Waals surface area (Å²) in [5.41, 5.74) is 1.50. The topological polar surface area (TPSA) is 37.4 Å². The Morgan fingerprint density at radius 1 is 1.00 bits per heavy atom. The number of amides is 1. The third-order valence-electron chi connectivity index (χ3n) is 4.42. The van der Waals surface area contributed by atoms with Crippen LogP contribution in [0, 0.1) is 0 Å². The first kappa shape index (κ1) is 16.6. The van der Waals surface area contributed by atoms with Crippen molar-refractivity contribution in [1.82, 2.24) is 0 Å². The van der Waals surface area contributed by atoms with E-state index in [1.54, 1.807) is 11.1 Å². The summed E-state index contributed by atoms with van der Waals surface area (Å²) in [5.74, 6) is -0.0713. The molecule has 1 heterocycles. The van der Waals surface area contributed by atoms with Crippen LogP contribution in [0.3, 0.4) is 0 Å². The van der Waals surface area contributed by atoms with Gasteiger partial charge in [0.1, 0.15) is 0 Å². The Bertz CT molecular complexity index is 1050. The number of allylic oxidation sites excluding steroid dienone is 1. The van der Waals surface area contributed by atoms with Gasteiger partial charge in [-0.2, -0.15) is 0 Å². The van der Waals surface area contributed by atoms with E-state index < -0.39 is 0 Å². The van der Waals surface area contributed by atoms with Gasteiger partial charge in [0.2, 0.25) is 11.7 Å². The normalized spacial score (nSPS) is 14.7. The van der Waals surface area contributed by atoms with Crippen molar-refractivity contribution in [2.24, 2.45) is 0 Å². The van der Waals surface area contributed by atoms with Crippen molar-refractivity contribution in [1.29, 1.82) is 0 Å². The number of carbonyl (C=O) groups is 2. The zero-order chi connectivity index (χ0) is 18.1. The molecule has 0 atom stereocenters. The summed E-state index contributed by atoms with van der Waals surface area (Å²) in [5, 5.41) is 2.05. The van der Waals surface area contributed by atoms with Gasteiger partial charge in [-0.05, 0) is 23.6 Å². The fraction of sp³-hybridized carbons (Fsp3) is 0.0909. The lowest BCUT2D eigenvalue weighted by Crippen LogP contribution is -2.25. The number of hydrogen-bond acceptors (Lipinski definition) is 3. The Morgan fingerprint density at radius 3 is 2.54 bits per heavy atom. The van der Waals surface area contributed by atoms with Gasteiger partial charge < -0.3 is 0 Å². The minimum atomic E-state index is -0.0433. The van der Waals surface area contributed by atoms with Gasteiger partial charge in [-0.15, -0.1) is 0 Å². The largest absolute Gasteiger partial charge is 0.288 e. The summed E-state index contributed by atoms with van der Waals surface area (Å²) in [6.45, 7) is 1.83. The summed E-state index contributed by atoms with van der Waals surface area (Å²) >= 11 is 1.42. The van der Waals surface area contributed by atoms with Crippen LogP contribution in [-0.2, 0) is 4.79 Å². The standard InChI is InChI=1S/C22H17NO2S/c1-2-21(24)23(18-12-7-9-15-8-3-4-10-16(15)18)14-20-22(25)17-11-5-6-13-19(17)26-20/h3-14H,2H2,1H3/b20-14-. The SMILES string of the molecule is CCC(=O)N(/C=C1\Sc2ccccc2C1=O)c1cccc2ccccc12. The van der Waals surface area contributed by atoms with Crippen LogP contribution in [0.4, 0.5) is 5.69 Å². The molecular formula is C22H17NO2S. The van der Waals surface area contributed by atoms with Crippen molar-refractivity contribution in [2.75, 3.05) is 4.90 Å². The Morgan fingerprint density at radius 2 is 1.73 bits per heavy atom. The molecule has 0 aromatic heterocycles. The number of benzene rings is 3. The highest BCUT2D eigenvalue weighted by Crippen LogP contribution is 2.40.